The van der Waals surface area contributed by atoms with Gasteiger partial charge in [-0.3, -0.25) is 14.5 Å². The monoisotopic (exact) mass is 428 g/mol. The van der Waals surface area contributed by atoms with E-state index >= 15 is 0 Å². The molecule has 2 amide bonds. The Labute approximate surface area is 183 Å². The molecule has 30 heavy (non-hydrogen) atoms. The first-order valence-electron chi connectivity index (χ1n) is 10.6. The van der Waals surface area contributed by atoms with Gasteiger partial charge in [0.25, 0.3) is 5.91 Å². The van der Waals surface area contributed by atoms with Crippen molar-refractivity contribution in [2.45, 2.75) is 38.9 Å². The van der Waals surface area contributed by atoms with Gasteiger partial charge in [-0.1, -0.05) is 50.2 Å². The third-order valence-electron chi connectivity index (χ3n) is 5.36. The van der Waals surface area contributed by atoms with E-state index < -0.39 is 6.04 Å². The van der Waals surface area contributed by atoms with Crippen LogP contribution in [0.25, 0.3) is 0 Å². The van der Waals surface area contributed by atoms with Crippen molar-refractivity contribution in [2.75, 3.05) is 26.2 Å². The van der Waals surface area contributed by atoms with Crippen LogP contribution >= 0.6 is 11.3 Å². The first kappa shape index (κ1) is 22.5. The summed E-state index contributed by atoms with van der Waals surface area (Å²) in [7, 11) is 0. The fourth-order valence-corrected chi connectivity index (χ4v) is 4.71. The molecule has 1 fully saturated rings. The van der Waals surface area contributed by atoms with Crippen LogP contribution in [0, 0.1) is 5.92 Å². The number of carbonyl (C=O) groups is 2. The van der Waals surface area contributed by atoms with E-state index in [0.29, 0.717) is 36.9 Å². The average molecular weight is 429 g/mol. The number of hydrogen-bond acceptors (Lipinski definition) is 5. The quantitative estimate of drug-likeness (QED) is 0.643. The predicted octanol–water partition coefficient (Wildman–Crippen LogP) is 2.56. The zero-order chi connectivity index (χ0) is 21.5. The molecule has 0 spiro atoms. The van der Waals surface area contributed by atoms with Gasteiger partial charge in [0.05, 0.1) is 4.88 Å². The number of rotatable bonds is 9. The average Bonchev–Trinajstić information content (AvgIpc) is 3.42. The third-order valence-corrected chi connectivity index (χ3v) is 6.22. The molecule has 2 aromatic rings. The highest BCUT2D eigenvalue weighted by Crippen LogP contribution is 2.27. The number of carbonyl (C=O) groups excluding carboxylic acids is 2. The second-order valence-corrected chi connectivity index (χ2v) is 9.18. The van der Waals surface area contributed by atoms with Gasteiger partial charge in [-0.05, 0) is 29.3 Å². The molecule has 1 aromatic heterocycles. The van der Waals surface area contributed by atoms with E-state index in [9.17, 15) is 9.59 Å². The molecule has 6 nitrogen and oxygen atoms in total. The molecule has 0 saturated carbocycles. The van der Waals surface area contributed by atoms with Crippen molar-refractivity contribution in [3.63, 3.8) is 0 Å². The second-order valence-electron chi connectivity index (χ2n) is 8.23. The van der Waals surface area contributed by atoms with E-state index in [0.717, 1.165) is 13.1 Å². The van der Waals surface area contributed by atoms with Gasteiger partial charge < -0.3 is 16.0 Å². The zero-order valence-electron chi connectivity index (χ0n) is 17.8. The van der Waals surface area contributed by atoms with Crippen molar-refractivity contribution < 1.29 is 9.59 Å². The molecule has 0 radical (unpaired) electrons. The van der Waals surface area contributed by atoms with Crippen molar-refractivity contribution >= 4 is 23.2 Å². The molecule has 2 unspecified atom stereocenters. The minimum atomic E-state index is -0.471. The Morgan fingerprint density at radius 1 is 1.23 bits per heavy atom. The lowest BCUT2D eigenvalue weighted by molar-refractivity contribution is -0.124. The Kier molecular flexibility index (Phi) is 8.01. The molecule has 3 N–H and O–H groups in total. The lowest BCUT2D eigenvalue weighted by atomic mass is 10.1. The Hall–Kier alpha value is -2.22. The van der Waals surface area contributed by atoms with E-state index in [-0.39, 0.29) is 17.9 Å². The van der Waals surface area contributed by atoms with Crippen LogP contribution < -0.4 is 11.1 Å². The maximum Gasteiger partial charge on any atom is 0.264 e. The summed E-state index contributed by atoms with van der Waals surface area (Å²) in [6.07, 6.45) is 0.632. The zero-order valence-corrected chi connectivity index (χ0v) is 18.6. The number of nitrogens with zero attached hydrogens (tertiary/aromatic N) is 2. The first-order valence-corrected chi connectivity index (χ1v) is 11.5. The second kappa shape index (κ2) is 10.7. The van der Waals surface area contributed by atoms with Crippen molar-refractivity contribution in [2.24, 2.45) is 11.7 Å². The lowest BCUT2D eigenvalue weighted by Gasteiger charge is -2.30. The normalized spacial score (nSPS) is 18.9. The van der Waals surface area contributed by atoms with Crippen molar-refractivity contribution in [1.82, 2.24) is 15.1 Å². The fraction of sp³-hybridized carbons (Fsp3) is 0.478. The molecule has 2 atom stereocenters. The third kappa shape index (κ3) is 5.68. The van der Waals surface area contributed by atoms with Crippen molar-refractivity contribution in [3.05, 3.63) is 58.3 Å². The topological polar surface area (TPSA) is 78.7 Å². The Morgan fingerprint density at radius 3 is 2.63 bits per heavy atom. The van der Waals surface area contributed by atoms with E-state index in [1.807, 2.05) is 35.7 Å². The number of hydrogen-bond donors (Lipinski definition) is 2. The van der Waals surface area contributed by atoms with Crippen LogP contribution in [0.4, 0.5) is 0 Å². The Bertz CT molecular complexity index is 810. The molecule has 7 heteroatoms. The van der Waals surface area contributed by atoms with Gasteiger partial charge in [0.1, 0.15) is 6.04 Å². The van der Waals surface area contributed by atoms with Crippen LogP contribution in [-0.4, -0.2) is 59.9 Å². The predicted molar refractivity (Wildman–Crippen MR) is 121 cm³/mol. The Balaban J connectivity index is 1.82. The molecule has 0 bridgehead atoms. The highest BCUT2D eigenvalue weighted by molar-refractivity contribution is 7.12. The minimum Gasteiger partial charge on any atom is -0.353 e. The van der Waals surface area contributed by atoms with Gasteiger partial charge in [0.15, 0.2) is 0 Å². The van der Waals surface area contributed by atoms with Crippen LogP contribution in [0.2, 0.25) is 0 Å². The van der Waals surface area contributed by atoms with Gasteiger partial charge in [0.2, 0.25) is 5.91 Å². The van der Waals surface area contributed by atoms with E-state index in [1.54, 1.807) is 4.90 Å². The SMILES string of the molecule is CC(C)CN(Cc1ccccc1)C1CC(C(=O)NCCN)N(C(=O)c2cccs2)C1. The summed E-state index contributed by atoms with van der Waals surface area (Å²) in [4.78, 5) is 30.9. The Morgan fingerprint density at radius 2 is 2.00 bits per heavy atom. The summed E-state index contributed by atoms with van der Waals surface area (Å²) in [6, 6.07) is 13.7. The summed E-state index contributed by atoms with van der Waals surface area (Å²) in [5.74, 6) is 0.307. The number of thiophene rings is 1. The van der Waals surface area contributed by atoms with Crippen LogP contribution in [0.1, 0.15) is 35.5 Å². The van der Waals surface area contributed by atoms with Gasteiger partial charge in [-0.25, -0.2) is 0 Å². The largest absolute Gasteiger partial charge is 0.353 e. The molecular formula is C23H32N4O2S. The maximum atomic E-state index is 13.2. The van der Waals surface area contributed by atoms with E-state index in [2.05, 4.69) is 36.2 Å². The summed E-state index contributed by atoms with van der Waals surface area (Å²) in [6.45, 7) is 7.48. The first-order chi connectivity index (χ1) is 14.5. The molecule has 1 aromatic carbocycles. The fourth-order valence-electron chi connectivity index (χ4n) is 4.04. The summed E-state index contributed by atoms with van der Waals surface area (Å²) in [5, 5.41) is 4.78. The summed E-state index contributed by atoms with van der Waals surface area (Å²) >= 11 is 1.42. The van der Waals surface area contributed by atoms with E-state index in [1.165, 1.54) is 16.9 Å². The van der Waals surface area contributed by atoms with Gasteiger partial charge in [-0.2, -0.15) is 0 Å². The number of nitrogens with one attached hydrogen (secondary N) is 1. The standard InChI is InChI=1S/C23H32N4O2S/c1-17(2)14-26(15-18-7-4-3-5-8-18)19-13-20(22(28)25-11-10-24)27(16-19)23(29)21-9-6-12-30-21/h3-9,12,17,19-20H,10-11,13-16,24H2,1-2H3,(H,25,28). The van der Waals surface area contributed by atoms with Crippen LogP contribution in [0.15, 0.2) is 47.8 Å². The van der Waals surface area contributed by atoms with Crippen LogP contribution in [0.5, 0.6) is 0 Å². The van der Waals surface area contributed by atoms with Gasteiger partial charge >= 0.3 is 0 Å². The molecule has 3 rings (SSSR count). The lowest BCUT2D eigenvalue weighted by Crippen LogP contribution is -2.46. The highest BCUT2D eigenvalue weighted by atomic mass is 32.1. The molecule has 1 aliphatic heterocycles. The van der Waals surface area contributed by atoms with Crippen LogP contribution in [0.3, 0.4) is 0 Å². The number of amides is 2. The number of nitrogens with two attached hydrogens (primary N) is 1. The van der Waals surface area contributed by atoms with Crippen LogP contribution in [-0.2, 0) is 11.3 Å². The highest BCUT2D eigenvalue weighted by Gasteiger charge is 2.42. The van der Waals surface area contributed by atoms with Gasteiger partial charge in [0, 0.05) is 38.8 Å². The minimum absolute atomic E-state index is 0.0652. The van der Waals surface area contributed by atoms with E-state index in [4.69, 9.17) is 5.73 Å². The summed E-state index contributed by atoms with van der Waals surface area (Å²) < 4.78 is 0. The molecule has 1 aliphatic rings. The molecule has 162 valence electrons. The number of likely N-dealkylation sites (tertiary alicyclic amines) is 1. The summed E-state index contributed by atoms with van der Waals surface area (Å²) in [5.41, 5.74) is 6.80. The van der Waals surface area contributed by atoms with Crippen molar-refractivity contribution in [1.29, 1.82) is 0 Å². The molecule has 2 heterocycles. The van der Waals surface area contributed by atoms with Crippen molar-refractivity contribution in [3.8, 4) is 0 Å². The van der Waals surface area contributed by atoms with Gasteiger partial charge in [-0.15, -0.1) is 11.3 Å². The maximum absolute atomic E-state index is 13.2. The number of benzene rings is 1. The molecule has 1 saturated heterocycles. The smallest absolute Gasteiger partial charge is 0.264 e. The molecule has 0 aliphatic carbocycles. The molecular weight excluding hydrogens is 396 g/mol.